The van der Waals surface area contributed by atoms with E-state index in [0.29, 0.717) is 25.7 Å². The monoisotopic (exact) mass is 1520 g/mol. The highest BCUT2D eigenvalue weighted by Crippen LogP contribution is 2.45. The van der Waals surface area contributed by atoms with Gasteiger partial charge in [-0.25, -0.2) is 9.13 Å². The van der Waals surface area contributed by atoms with E-state index in [2.05, 4.69) is 27.7 Å². The lowest BCUT2D eigenvalue weighted by Crippen LogP contribution is -2.30. The quantitative estimate of drug-likeness (QED) is 0.0222. The van der Waals surface area contributed by atoms with Crippen molar-refractivity contribution in [3.63, 3.8) is 0 Å². The Morgan fingerprint density at radius 1 is 0.231 bits per heavy atom. The molecule has 0 amide bonds. The van der Waals surface area contributed by atoms with Crippen LogP contribution in [0.2, 0.25) is 0 Å². The van der Waals surface area contributed by atoms with Gasteiger partial charge in [0.1, 0.15) is 19.3 Å². The molecule has 0 rings (SSSR count). The largest absolute Gasteiger partial charge is 0.472 e. The third-order valence-electron chi connectivity index (χ3n) is 20.1. The Morgan fingerprint density at radius 3 is 0.567 bits per heavy atom. The van der Waals surface area contributed by atoms with Gasteiger partial charge in [0, 0.05) is 25.7 Å². The standard InChI is InChI=1S/C85H166O17P2/c1-5-9-13-17-21-25-28-31-34-37-39-40-43-46-49-52-56-60-64-68-72-85(90)102-81(76-96-83(88)70-66-62-58-54-50-47-44-42-38-35-32-29-26-22-18-14-10-6-2)78-100-104(93,94)98-74-79(86)73-97-103(91,92)99-77-80(75-95-82(87)69-65-61-57-53-24-20-16-12-8-4)101-84(89)71-67-63-59-55-51-48-45-41-36-33-30-27-23-19-15-11-7-3/h79-81,86H,5-78H2,1-4H3,(H,91,92)(H,93,94)/t79-,80+,81+/m0/s1. The summed E-state index contributed by atoms with van der Waals surface area (Å²) in [5.41, 5.74) is 0. The zero-order valence-corrected chi connectivity index (χ0v) is 69.8. The molecule has 3 N–H and O–H groups in total. The number of unbranched alkanes of at least 4 members (excludes halogenated alkanes) is 60. The fraction of sp³-hybridized carbons (Fsp3) is 0.953. The van der Waals surface area contributed by atoms with Crippen LogP contribution >= 0.6 is 15.6 Å². The van der Waals surface area contributed by atoms with E-state index < -0.39 is 97.5 Å². The maximum absolute atomic E-state index is 13.1. The molecule has 0 fully saturated rings. The van der Waals surface area contributed by atoms with Gasteiger partial charge in [0.05, 0.1) is 26.4 Å². The van der Waals surface area contributed by atoms with E-state index in [1.54, 1.807) is 0 Å². The van der Waals surface area contributed by atoms with Crippen LogP contribution in [0.25, 0.3) is 0 Å². The summed E-state index contributed by atoms with van der Waals surface area (Å²) in [5, 5.41) is 10.7. The van der Waals surface area contributed by atoms with E-state index >= 15 is 0 Å². The molecule has 0 aliphatic heterocycles. The smallest absolute Gasteiger partial charge is 0.462 e. The van der Waals surface area contributed by atoms with Gasteiger partial charge in [-0.1, -0.05) is 413 Å². The molecule has 618 valence electrons. The Kier molecular flexibility index (Phi) is 77.7. The third-order valence-corrected chi connectivity index (χ3v) is 22.0. The lowest BCUT2D eigenvalue weighted by atomic mass is 10.0. The van der Waals surface area contributed by atoms with Crippen molar-refractivity contribution in [2.75, 3.05) is 39.6 Å². The molecular formula is C85H166O17P2. The van der Waals surface area contributed by atoms with Crippen molar-refractivity contribution in [2.45, 2.75) is 483 Å². The highest BCUT2D eigenvalue weighted by atomic mass is 31.2. The SMILES string of the molecule is CCCCCCCCCCCCCCCCCCCCCCC(=O)O[C@H](COC(=O)CCCCCCCCCCCCCCCCCCCC)COP(=O)(O)OC[C@@H](O)COP(=O)(O)OC[C@@H](COC(=O)CCCCCCCCCCC)OC(=O)CCCCCCCCCCCCCCCCCCC. The van der Waals surface area contributed by atoms with Gasteiger partial charge in [-0.3, -0.25) is 37.3 Å². The maximum Gasteiger partial charge on any atom is 0.472 e. The zero-order valence-electron chi connectivity index (χ0n) is 68.0. The molecule has 0 radical (unpaired) electrons. The van der Waals surface area contributed by atoms with E-state index in [0.717, 1.165) is 89.9 Å². The fourth-order valence-electron chi connectivity index (χ4n) is 13.3. The molecule has 0 aromatic heterocycles. The maximum atomic E-state index is 13.1. The molecule has 104 heavy (non-hydrogen) atoms. The Hall–Kier alpha value is -1.94. The first-order valence-corrected chi connectivity index (χ1v) is 47.3. The topological polar surface area (TPSA) is 237 Å². The number of hydrogen-bond acceptors (Lipinski definition) is 15. The van der Waals surface area contributed by atoms with E-state index in [1.165, 1.54) is 295 Å². The first-order valence-electron chi connectivity index (χ1n) is 44.3. The van der Waals surface area contributed by atoms with Gasteiger partial charge in [-0.2, -0.15) is 0 Å². The summed E-state index contributed by atoms with van der Waals surface area (Å²) in [6, 6.07) is 0. The van der Waals surface area contributed by atoms with Crippen LogP contribution in [-0.4, -0.2) is 96.7 Å². The van der Waals surface area contributed by atoms with Gasteiger partial charge in [0.2, 0.25) is 0 Å². The first-order chi connectivity index (χ1) is 50.7. The van der Waals surface area contributed by atoms with Crippen LogP contribution < -0.4 is 0 Å². The minimum Gasteiger partial charge on any atom is -0.462 e. The molecule has 0 aromatic rings. The number of esters is 4. The van der Waals surface area contributed by atoms with E-state index in [9.17, 15) is 43.2 Å². The summed E-state index contributed by atoms with van der Waals surface area (Å²) in [5.74, 6) is -2.10. The normalized spacial score (nSPS) is 13.7. The number of carbonyl (C=O) groups excluding carboxylic acids is 4. The van der Waals surface area contributed by atoms with Gasteiger partial charge in [-0.15, -0.1) is 0 Å². The Morgan fingerprint density at radius 2 is 0.385 bits per heavy atom. The number of ether oxygens (including phenoxy) is 4. The van der Waals surface area contributed by atoms with E-state index in [1.807, 2.05) is 0 Å². The summed E-state index contributed by atoms with van der Waals surface area (Å²) in [6.07, 6.45) is 73.6. The number of carbonyl (C=O) groups is 4. The van der Waals surface area contributed by atoms with Gasteiger partial charge in [-0.05, 0) is 25.7 Å². The van der Waals surface area contributed by atoms with Crippen molar-refractivity contribution < 1.29 is 80.2 Å². The molecule has 0 bridgehead atoms. The predicted octanol–water partition coefficient (Wildman–Crippen LogP) is 26.1. The average molecular weight is 1520 g/mol. The molecule has 0 aliphatic carbocycles. The number of hydrogen-bond donors (Lipinski definition) is 3. The summed E-state index contributed by atoms with van der Waals surface area (Å²) in [4.78, 5) is 73.1. The second kappa shape index (κ2) is 79.2. The van der Waals surface area contributed by atoms with Crippen molar-refractivity contribution in [3.05, 3.63) is 0 Å². The van der Waals surface area contributed by atoms with Crippen LogP contribution in [0.5, 0.6) is 0 Å². The van der Waals surface area contributed by atoms with Crippen molar-refractivity contribution in [3.8, 4) is 0 Å². The second-order valence-corrected chi connectivity index (χ2v) is 33.5. The molecular weight excluding hydrogens is 1350 g/mol. The number of aliphatic hydroxyl groups excluding tert-OH is 1. The molecule has 0 aromatic carbocycles. The van der Waals surface area contributed by atoms with Crippen molar-refractivity contribution >= 4 is 39.5 Å². The van der Waals surface area contributed by atoms with Gasteiger partial charge in [0.15, 0.2) is 12.2 Å². The summed E-state index contributed by atoms with van der Waals surface area (Å²) < 4.78 is 68.8. The fourth-order valence-corrected chi connectivity index (χ4v) is 14.9. The van der Waals surface area contributed by atoms with Gasteiger partial charge >= 0.3 is 39.5 Å². The van der Waals surface area contributed by atoms with Crippen LogP contribution in [0.4, 0.5) is 0 Å². The predicted molar refractivity (Wildman–Crippen MR) is 428 cm³/mol. The van der Waals surface area contributed by atoms with Gasteiger partial charge < -0.3 is 33.8 Å². The molecule has 5 atom stereocenters. The van der Waals surface area contributed by atoms with Crippen LogP contribution in [-0.2, 0) is 65.4 Å². The van der Waals surface area contributed by atoms with Gasteiger partial charge in [0.25, 0.3) is 0 Å². The molecule has 0 heterocycles. The van der Waals surface area contributed by atoms with E-state index in [4.69, 9.17) is 37.0 Å². The highest BCUT2D eigenvalue weighted by Gasteiger charge is 2.30. The third kappa shape index (κ3) is 78.2. The molecule has 2 unspecified atom stereocenters. The summed E-state index contributed by atoms with van der Waals surface area (Å²) in [6.45, 7) is 5.04. The Balaban J connectivity index is 5.20. The second-order valence-electron chi connectivity index (χ2n) is 30.6. The van der Waals surface area contributed by atoms with Crippen LogP contribution in [0.15, 0.2) is 0 Å². The Labute approximate surface area is 638 Å². The van der Waals surface area contributed by atoms with Crippen molar-refractivity contribution in [1.82, 2.24) is 0 Å². The van der Waals surface area contributed by atoms with Crippen molar-refractivity contribution in [1.29, 1.82) is 0 Å². The molecule has 19 heteroatoms. The molecule has 0 saturated carbocycles. The molecule has 0 aliphatic rings. The lowest BCUT2D eigenvalue weighted by Gasteiger charge is -2.21. The summed E-state index contributed by atoms with van der Waals surface area (Å²) >= 11 is 0. The van der Waals surface area contributed by atoms with Crippen molar-refractivity contribution in [2.24, 2.45) is 0 Å². The first kappa shape index (κ1) is 102. The van der Waals surface area contributed by atoms with Crippen LogP contribution in [0.3, 0.4) is 0 Å². The highest BCUT2D eigenvalue weighted by molar-refractivity contribution is 7.47. The number of phosphoric ester groups is 2. The van der Waals surface area contributed by atoms with Crippen LogP contribution in [0, 0.1) is 0 Å². The minimum absolute atomic E-state index is 0.109. The average Bonchev–Trinajstić information content (AvgIpc) is 0.912. The number of phosphoric acid groups is 2. The Bertz CT molecular complexity index is 1960. The lowest BCUT2D eigenvalue weighted by molar-refractivity contribution is -0.161. The van der Waals surface area contributed by atoms with E-state index in [-0.39, 0.29) is 25.7 Å². The minimum atomic E-state index is -4.96. The molecule has 0 spiro atoms. The van der Waals surface area contributed by atoms with Crippen LogP contribution in [0.1, 0.15) is 464 Å². The number of aliphatic hydroxyl groups is 1. The molecule has 0 saturated heterocycles. The number of rotatable bonds is 86. The summed E-state index contributed by atoms with van der Waals surface area (Å²) in [7, 11) is -9.92. The molecule has 17 nitrogen and oxygen atoms in total. The zero-order chi connectivity index (χ0) is 76.0.